The molecule has 0 aliphatic carbocycles. The maximum absolute atomic E-state index is 11.9. The van der Waals surface area contributed by atoms with Crippen LogP contribution in [0.5, 0.6) is 0 Å². The second-order valence-corrected chi connectivity index (χ2v) is 6.68. The van der Waals surface area contributed by atoms with E-state index < -0.39 is 0 Å². The van der Waals surface area contributed by atoms with Gasteiger partial charge in [-0.2, -0.15) is 0 Å². The number of thiophene rings is 1. The van der Waals surface area contributed by atoms with Gasteiger partial charge in [0, 0.05) is 23.8 Å². The van der Waals surface area contributed by atoms with Crippen molar-refractivity contribution < 1.29 is 9.59 Å². The summed E-state index contributed by atoms with van der Waals surface area (Å²) in [5, 5.41) is 9.73. The van der Waals surface area contributed by atoms with Crippen molar-refractivity contribution in [2.24, 2.45) is 0 Å². The van der Waals surface area contributed by atoms with E-state index in [9.17, 15) is 9.59 Å². The minimum atomic E-state index is -0.283. The number of hydrogen-bond acceptors (Lipinski definition) is 3. The van der Waals surface area contributed by atoms with Gasteiger partial charge in [0.2, 0.25) is 0 Å². The Morgan fingerprint density at radius 2 is 1.70 bits per heavy atom. The average Bonchev–Trinajstić information content (AvgIpc) is 2.87. The van der Waals surface area contributed by atoms with E-state index in [4.69, 9.17) is 0 Å². The molecule has 3 N–H and O–H groups in total. The fraction of sp³-hybridized carbons (Fsp3) is 0.0769. The highest BCUT2D eigenvalue weighted by Crippen LogP contribution is 2.19. The third-order valence-electron chi connectivity index (χ3n) is 2.46. The number of rotatable bonds is 3. The molecular formula is C13H12IN3O2S. The summed E-state index contributed by atoms with van der Waals surface area (Å²) in [7, 11) is 1.55. The zero-order valence-corrected chi connectivity index (χ0v) is 13.5. The van der Waals surface area contributed by atoms with Crippen LogP contribution in [-0.4, -0.2) is 19.0 Å². The largest absolute Gasteiger partial charge is 0.341 e. The van der Waals surface area contributed by atoms with Gasteiger partial charge in [0.15, 0.2) is 0 Å². The molecule has 3 amide bonds. The minimum Gasteiger partial charge on any atom is -0.341 e. The molecule has 0 fully saturated rings. The average molecular weight is 401 g/mol. The summed E-state index contributed by atoms with van der Waals surface area (Å²) >= 11 is 3.70. The van der Waals surface area contributed by atoms with Gasteiger partial charge in [-0.15, -0.1) is 11.3 Å². The van der Waals surface area contributed by atoms with E-state index in [1.54, 1.807) is 31.3 Å². The molecule has 2 rings (SSSR count). The van der Waals surface area contributed by atoms with E-state index in [0.717, 1.165) is 2.88 Å². The first kappa shape index (κ1) is 14.8. The Balaban J connectivity index is 2.00. The second-order valence-electron chi connectivity index (χ2n) is 3.88. The smallest absolute Gasteiger partial charge is 0.318 e. The molecular weight excluding hydrogens is 389 g/mol. The van der Waals surface area contributed by atoms with Crippen LogP contribution in [0.1, 0.15) is 10.4 Å². The normalized spacial score (nSPS) is 9.90. The van der Waals surface area contributed by atoms with E-state index in [1.165, 1.54) is 11.3 Å². The number of urea groups is 1. The summed E-state index contributed by atoms with van der Waals surface area (Å²) in [5.41, 5.74) is 1.98. The van der Waals surface area contributed by atoms with Crippen LogP contribution < -0.4 is 16.0 Å². The Labute approximate surface area is 133 Å². The zero-order chi connectivity index (χ0) is 14.5. The molecule has 0 radical (unpaired) electrons. The number of carbonyl (C=O) groups is 2. The van der Waals surface area contributed by atoms with Crippen molar-refractivity contribution >= 4 is 57.2 Å². The van der Waals surface area contributed by atoms with Gasteiger partial charge in [0.25, 0.3) is 5.91 Å². The summed E-state index contributed by atoms with van der Waals surface area (Å²) in [6, 6.07) is 8.47. The molecule has 1 heterocycles. The lowest BCUT2D eigenvalue weighted by Gasteiger charge is -2.07. The van der Waals surface area contributed by atoms with Crippen molar-refractivity contribution in [3.8, 4) is 0 Å². The Bertz CT molecular complexity index is 625. The van der Waals surface area contributed by atoms with Gasteiger partial charge in [0.05, 0.1) is 8.45 Å². The van der Waals surface area contributed by atoms with Crippen LogP contribution in [-0.2, 0) is 0 Å². The fourth-order valence-electron chi connectivity index (χ4n) is 1.46. The summed E-state index contributed by atoms with van der Waals surface area (Å²) in [6.45, 7) is 0. The van der Waals surface area contributed by atoms with E-state index >= 15 is 0 Å². The predicted molar refractivity (Wildman–Crippen MR) is 89.5 cm³/mol. The van der Waals surface area contributed by atoms with Crippen LogP contribution in [0.25, 0.3) is 0 Å². The lowest BCUT2D eigenvalue weighted by atomic mass is 10.2. The molecule has 0 unspecified atom stereocenters. The summed E-state index contributed by atoms with van der Waals surface area (Å²) < 4.78 is 1.07. The van der Waals surface area contributed by atoms with Gasteiger partial charge in [0.1, 0.15) is 0 Å². The molecule has 0 aliphatic rings. The minimum absolute atomic E-state index is 0.142. The van der Waals surface area contributed by atoms with Crippen molar-refractivity contribution in [3.63, 3.8) is 0 Å². The first-order valence-electron chi connectivity index (χ1n) is 5.72. The molecule has 0 saturated heterocycles. The lowest BCUT2D eigenvalue weighted by molar-refractivity contribution is 0.102. The van der Waals surface area contributed by atoms with E-state index in [-0.39, 0.29) is 11.9 Å². The predicted octanol–water partition coefficient (Wildman–Crippen LogP) is 3.36. The number of carbonyl (C=O) groups excluding carboxylic acids is 2. The SMILES string of the molecule is CNC(=O)Nc1ccc(NC(=O)c2csc(I)c2)cc1. The maximum Gasteiger partial charge on any atom is 0.318 e. The Morgan fingerprint density at radius 1 is 1.10 bits per heavy atom. The highest BCUT2D eigenvalue weighted by molar-refractivity contribution is 14.1. The maximum atomic E-state index is 11.9. The van der Waals surface area contributed by atoms with Gasteiger partial charge < -0.3 is 16.0 Å². The topological polar surface area (TPSA) is 70.2 Å². The highest BCUT2D eigenvalue weighted by atomic mass is 127. The van der Waals surface area contributed by atoms with Crippen molar-refractivity contribution in [2.75, 3.05) is 17.7 Å². The fourth-order valence-corrected chi connectivity index (χ4v) is 2.79. The number of benzene rings is 1. The van der Waals surface area contributed by atoms with Crippen LogP contribution in [0, 0.1) is 2.88 Å². The first-order valence-corrected chi connectivity index (χ1v) is 7.68. The van der Waals surface area contributed by atoms with Gasteiger partial charge >= 0.3 is 6.03 Å². The van der Waals surface area contributed by atoms with Crippen molar-refractivity contribution in [2.45, 2.75) is 0 Å². The molecule has 1 aromatic heterocycles. The molecule has 0 bridgehead atoms. The van der Waals surface area contributed by atoms with Gasteiger partial charge in [-0.1, -0.05) is 0 Å². The number of amides is 3. The van der Waals surface area contributed by atoms with Crippen LogP contribution >= 0.6 is 33.9 Å². The molecule has 5 nitrogen and oxygen atoms in total. The molecule has 0 aliphatic heterocycles. The Morgan fingerprint density at radius 3 is 2.20 bits per heavy atom. The van der Waals surface area contributed by atoms with E-state index in [2.05, 4.69) is 38.5 Å². The molecule has 0 spiro atoms. The van der Waals surface area contributed by atoms with Crippen LogP contribution in [0.4, 0.5) is 16.2 Å². The Kier molecular flexibility index (Phi) is 4.96. The van der Waals surface area contributed by atoms with Crippen molar-refractivity contribution in [3.05, 3.63) is 44.2 Å². The van der Waals surface area contributed by atoms with E-state index in [1.807, 2.05) is 11.4 Å². The van der Waals surface area contributed by atoms with Gasteiger partial charge in [-0.05, 0) is 52.9 Å². The number of nitrogens with one attached hydrogen (secondary N) is 3. The van der Waals surface area contributed by atoms with Gasteiger partial charge in [-0.25, -0.2) is 4.79 Å². The molecule has 1 aromatic carbocycles. The summed E-state index contributed by atoms with van der Waals surface area (Å²) in [5.74, 6) is -0.142. The lowest BCUT2D eigenvalue weighted by Crippen LogP contribution is -2.24. The molecule has 2 aromatic rings. The monoisotopic (exact) mass is 401 g/mol. The summed E-state index contributed by atoms with van der Waals surface area (Å²) in [6.07, 6.45) is 0. The number of anilines is 2. The zero-order valence-electron chi connectivity index (χ0n) is 10.6. The standard InChI is InChI=1S/C13H12IN3O2S/c1-15-13(19)17-10-4-2-9(3-5-10)16-12(18)8-6-11(14)20-7-8/h2-7H,1H3,(H,16,18)(H2,15,17,19). The quantitative estimate of drug-likeness (QED) is 0.691. The second kappa shape index (κ2) is 6.71. The number of hydrogen-bond donors (Lipinski definition) is 3. The third-order valence-corrected chi connectivity index (χ3v) is 4.25. The number of halogens is 1. The van der Waals surface area contributed by atoms with Crippen LogP contribution in [0.2, 0.25) is 0 Å². The van der Waals surface area contributed by atoms with Crippen LogP contribution in [0.3, 0.4) is 0 Å². The van der Waals surface area contributed by atoms with Gasteiger partial charge in [-0.3, -0.25) is 4.79 Å². The first-order chi connectivity index (χ1) is 9.58. The molecule has 0 atom stereocenters. The molecule has 0 saturated carbocycles. The molecule has 20 heavy (non-hydrogen) atoms. The highest BCUT2D eigenvalue weighted by Gasteiger charge is 2.08. The summed E-state index contributed by atoms with van der Waals surface area (Å²) in [4.78, 5) is 23.1. The Hall–Kier alpha value is -1.61. The van der Waals surface area contributed by atoms with Crippen molar-refractivity contribution in [1.29, 1.82) is 0 Å². The molecule has 104 valence electrons. The third kappa shape index (κ3) is 3.94. The van der Waals surface area contributed by atoms with E-state index in [0.29, 0.717) is 16.9 Å². The van der Waals surface area contributed by atoms with Crippen LogP contribution in [0.15, 0.2) is 35.7 Å². The van der Waals surface area contributed by atoms with Crippen molar-refractivity contribution in [1.82, 2.24) is 5.32 Å². The molecule has 7 heteroatoms.